The molecule has 0 aromatic heterocycles. The Labute approximate surface area is 92.2 Å². The number of rotatable bonds is 6. The summed E-state index contributed by atoms with van der Waals surface area (Å²) in [6.45, 7) is 0.00140. The van der Waals surface area contributed by atoms with Crippen molar-refractivity contribution in [3.63, 3.8) is 0 Å². The summed E-state index contributed by atoms with van der Waals surface area (Å²) in [4.78, 5) is 12.7. The van der Waals surface area contributed by atoms with Crippen molar-refractivity contribution in [2.45, 2.75) is 19.3 Å². The zero-order valence-electron chi connectivity index (χ0n) is 7.87. The van der Waals surface area contributed by atoms with E-state index < -0.39 is 0 Å². The molecule has 0 aliphatic heterocycles. The van der Waals surface area contributed by atoms with Gasteiger partial charge in [0, 0.05) is 11.8 Å². The summed E-state index contributed by atoms with van der Waals surface area (Å²) < 4.78 is 0. The predicted octanol–water partition coefficient (Wildman–Crippen LogP) is 1.43. The highest BCUT2D eigenvalue weighted by Gasteiger charge is 2.11. The second kappa shape index (κ2) is 8.52. The number of carbonyl (C=O) groups excluding carboxylic acids is 1. The number of nitrogens with zero attached hydrogens (tertiary/aromatic N) is 3. The van der Waals surface area contributed by atoms with Gasteiger partial charge in [-0.3, -0.25) is 4.79 Å². The largest absolute Gasteiger partial charge is 0.316 e. The van der Waals surface area contributed by atoms with Gasteiger partial charge in [-0.15, -0.1) is 0 Å². The molecule has 0 bridgehead atoms. The lowest BCUT2D eigenvalue weighted by atomic mass is 10.2. The zero-order chi connectivity index (χ0) is 10.8. The highest BCUT2D eigenvalue weighted by atomic mass is 79.9. The number of alkyl halides is 1. The van der Waals surface area contributed by atoms with Gasteiger partial charge in [0.15, 0.2) is 0 Å². The Bertz CT molecular complexity index is 238. The van der Waals surface area contributed by atoms with Gasteiger partial charge in [-0.1, -0.05) is 15.9 Å². The molecule has 1 amide bonds. The molecule has 4 nitrogen and oxygen atoms in total. The molecule has 0 saturated carbocycles. The predicted molar refractivity (Wildman–Crippen MR) is 55.5 cm³/mol. The molecule has 0 heterocycles. The third-order valence-corrected chi connectivity index (χ3v) is 2.21. The first-order valence-electron chi connectivity index (χ1n) is 4.34. The summed E-state index contributed by atoms with van der Waals surface area (Å²) in [5.74, 6) is -0.117. The number of hydrogen-bond donors (Lipinski definition) is 0. The van der Waals surface area contributed by atoms with Crippen LogP contribution in [0.5, 0.6) is 0 Å². The number of unbranched alkanes of at least 4 members (excludes halogenated alkanes) is 1. The topological polar surface area (TPSA) is 67.9 Å². The van der Waals surface area contributed by atoms with E-state index in [0.29, 0.717) is 6.42 Å². The molecule has 0 aliphatic carbocycles. The molecule has 0 fully saturated rings. The van der Waals surface area contributed by atoms with Crippen LogP contribution >= 0.6 is 15.9 Å². The van der Waals surface area contributed by atoms with Crippen LogP contribution in [0.4, 0.5) is 0 Å². The standard InChI is InChI=1S/C9H12BrN3O/c10-4-2-1-3-9(14)13(7-5-11)8-6-12/h1-4,7-8H2. The average Bonchev–Trinajstić information content (AvgIpc) is 2.18. The lowest BCUT2D eigenvalue weighted by molar-refractivity contribution is -0.130. The van der Waals surface area contributed by atoms with Crippen molar-refractivity contribution in [1.82, 2.24) is 4.90 Å². The van der Waals surface area contributed by atoms with Gasteiger partial charge in [0.1, 0.15) is 13.1 Å². The molecule has 0 saturated heterocycles. The molecule has 14 heavy (non-hydrogen) atoms. The van der Waals surface area contributed by atoms with Crippen molar-refractivity contribution in [2.75, 3.05) is 18.4 Å². The molecule has 0 radical (unpaired) electrons. The summed E-state index contributed by atoms with van der Waals surface area (Å²) >= 11 is 3.27. The first kappa shape index (κ1) is 12.9. The lowest BCUT2D eigenvalue weighted by Gasteiger charge is -2.15. The summed E-state index contributed by atoms with van der Waals surface area (Å²) in [5.41, 5.74) is 0. The fraction of sp³-hybridized carbons (Fsp3) is 0.667. The van der Waals surface area contributed by atoms with E-state index >= 15 is 0 Å². The van der Waals surface area contributed by atoms with Gasteiger partial charge in [0.2, 0.25) is 5.91 Å². The van der Waals surface area contributed by atoms with Gasteiger partial charge in [-0.2, -0.15) is 10.5 Å². The SMILES string of the molecule is N#CCN(CC#N)C(=O)CCCCBr. The van der Waals surface area contributed by atoms with Crippen LogP contribution in [0.2, 0.25) is 0 Å². The van der Waals surface area contributed by atoms with E-state index in [1.807, 2.05) is 12.1 Å². The molecule has 0 rings (SSSR count). The quantitative estimate of drug-likeness (QED) is 0.411. The van der Waals surface area contributed by atoms with Gasteiger partial charge >= 0.3 is 0 Å². The minimum Gasteiger partial charge on any atom is -0.316 e. The van der Waals surface area contributed by atoms with Crippen LogP contribution in [0.25, 0.3) is 0 Å². The molecule has 0 aromatic rings. The fourth-order valence-corrected chi connectivity index (χ4v) is 1.33. The molecule has 5 heteroatoms. The van der Waals surface area contributed by atoms with Gasteiger partial charge in [-0.25, -0.2) is 0 Å². The third kappa shape index (κ3) is 5.55. The molecule has 0 spiro atoms. The number of halogens is 1. The Morgan fingerprint density at radius 1 is 1.21 bits per heavy atom. The number of nitriles is 2. The first-order chi connectivity index (χ1) is 6.76. The van der Waals surface area contributed by atoms with Crippen molar-refractivity contribution in [2.24, 2.45) is 0 Å². The van der Waals surface area contributed by atoms with Crippen molar-refractivity contribution in [3.8, 4) is 12.1 Å². The third-order valence-electron chi connectivity index (χ3n) is 1.65. The molecular weight excluding hydrogens is 246 g/mol. The fourth-order valence-electron chi connectivity index (χ4n) is 0.932. The monoisotopic (exact) mass is 257 g/mol. The first-order valence-corrected chi connectivity index (χ1v) is 5.46. The van der Waals surface area contributed by atoms with Gasteiger partial charge in [0.25, 0.3) is 0 Å². The van der Waals surface area contributed by atoms with Crippen molar-refractivity contribution >= 4 is 21.8 Å². The van der Waals surface area contributed by atoms with E-state index in [-0.39, 0.29) is 19.0 Å². The van der Waals surface area contributed by atoms with Crippen molar-refractivity contribution < 1.29 is 4.79 Å². The van der Waals surface area contributed by atoms with Crippen LogP contribution in [0.1, 0.15) is 19.3 Å². The lowest BCUT2D eigenvalue weighted by Crippen LogP contribution is -2.31. The van der Waals surface area contributed by atoms with Gasteiger partial charge in [0.05, 0.1) is 12.1 Å². The Morgan fingerprint density at radius 3 is 2.21 bits per heavy atom. The highest BCUT2D eigenvalue weighted by molar-refractivity contribution is 9.09. The summed E-state index contributed by atoms with van der Waals surface area (Å²) in [6.07, 6.45) is 2.13. The van der Waals surface area contributed by atoms with Crippen LogP contribution in [0.3, 0.4) is 0 Å². The summed E-state index contributed by atoms with van der Waals surface area (Å²) in [5, 5.41) is 17.7. The molecule has 0 N–H and O–H groups in total. The number of hydrogen-bond acceptors (Lipinski definition) is 3. The van der Waals surface area contributed by atoms with Crippen LogP contribution in [-0.4, -0.2) is 29.2 Å². The highest BCUT2D eigenvalue weighted by Crippen LogP contribution is 2.02. The second-order valence-corrected chi connectivity index (χ2v) is 3.51. The van der Waals surface area contributed by atoms with E-state index in [9.17, 15) is 4.79 Å². The van der Waals surface area contributed by atoms with Gasteiger partial charge < -0.3 is 4.90 Å². The second-order valence-electron chi connectivity index (χ2n) is 2.71. The number of amides is 1. The maximum absolute atomic E-state index is 11.4. The van der Waals surface area contributed by atoms with E-state index in [1.165, 1.54) is 4.90 Å². The number of carbonyl (C=O) groups is 1. The Hall–Kier alpha value is -1.07. The van der Waals surface area contributed by atoms with E-state index in [1.54, 1.807) is 0 Å². The van der Waals surface area contributed by atoms with Crippen LogP contribution in [0, 0.1) is 22.7 Å². The smallest absolute Gasteiger partial charge is 0.224 e. The molecular formula is C9H12BrN3O. The van der Waals surface area contributed by atoms with E-state index in [0.717, 1.165) is 18.2 Å². The van der Waals surface area contributed by atoms with Crippen molar-refractivity contribution in [1.29, 1.82) is 10.5 Å². The molecule has 0 aromatic carbocycles. The average molecular weight is 258 g/mol. The van der Waals surface area contributed by atoms with E-state index in [2.05, 4.69) is 15.9 Å². The van der Waals surface area contributed by atoms with Crippen LogP contribution in [0.15, 0.2) is 0 Å². The molecule has 0 aliphatic rings. The van der Waals surface area contributed by atoms with Gasteiger partial charge in [-0.05, 0) is 12.8 Å². The molecule has 0 atom stereocenters. The minimum atomic E-state index is -0.117. The molecule has 76 valence electrons. The maximum atomic E-state index is 11.4. The zero-order valence-corrected chi connectivity index (χ0v) is 9.46. The summed E-state index contributed by atoms with van der Waals surface area (Å²) in [7, 11) is 0. The Kier molecular flexibility index (Phi) is 7.87. The van der Waals surface area contributed by atoms with Crippen molar-refractivity contribution in [3.05, 3.63) is 0 Å². The van der Waals surface area contributed by atoms with E-state index in [4.69, 9.17) is 10.5 Å². The minimum absolute atomic E-state index is 0.000700. The Morgan fingerprint density at radius 2 is 1.79 bits per heavy atom. The van der Waals surface area contributed by atoms with Crippen LogP contribution in [-0.2, 0) is 4.79 Å². The Balaban J connectivity index is 3.91. The molecule has 0 unspecified atom stereocenters. The normalized spacial score (nSPS) is 8.79. The maximum Gasteiger partial charge on any atom is 0.224 e. The summed E-state index contributed by atoms with van der Waals surface area (Å²) in [6, 6.07) is 3.74. The van der Waals surface area contributed by atoms with Crippen LogP contribution < -0.4 is 0 Å².